The molecule has 1 atom stereocenters. The zero-order valence-electron chi connectivity index (χ0n) is 13.0. The van der Waals surface area contributed by atoms with E-state index in [0.717, 1.165) is 17.8 Å². The predicted octanol–water partition coefficient (Wildman–Crippen LogP) is 2.23. The van der Waals surface area contributed by atoms with Gasteiger partial charge in [0.2, 0.25) is 5.91 Å². The number of carbonyl (C=O) groups excluding carboxylic acids is 2. The van der Waals surface area contributed by atoms with Crippen molar-refractivity contribution in [3.05, 3.63) is 48.5 Å². The fourth-order valence-electron chi connectivity index (χ4n) is 3.04. The van der Waals surface area contributed by atoms with Crippen molar-refractivity contribution >= 4 is 28.9 Å². The molecule has 2 N–H and O–H groups in total. The Morgan fingerprint density at radius 2 is 1.96 bits per heavy atom. The van der Waals surface area contributed by atoms with E-state index in [0.29, 0.717) is 18.0 Å². The molecule has 6 heteroatoms. The molecule has 2 aliphatic heterocycles. The summed E-state index contributed by atoms with van der Waals surface area (Å²) >= 11 is 0. The number of amides is 2. The van der Waals surface area contributed by atoms with Crippen LogP contribution >= 0.6 is 0 Å². The third kappa shape index (κ3) is 2.67. The maximum Gasteiger partial charge on any atom is 0.262 e. The Morgan fingerprint density at radius 1 is 1.12 bits per heavy atom. The van der Waals surface area contributed by atoms with Gasteiger partial charge in [-0.1, -0.05) is 18.2 Å². The second kappa shape index (κ2) is 5.88. The predicted molar refractivity (Wildman–Crippen MR) is 91.4 cm³/mol. The summed E-state index contributed by atoms with van der Waals surface area (Å²) in [6.07, 6.45) is 0.738. The highest BCUT2D eigenvalue weighted by Crippen LogP contribution is 2.31. The van der Waals surface area contributed by atoms with Crippen LogP contribution < -0.4 is 20.3 Å². The lowest BCUT2D eigenvalue weighted by Gasteiger charge is -2.20. The highest BCUT2D eigenvalue weighted by atomic mass is 16.5. The van der Waals surface area contributed by atoms with Crippen LogP contribution in [-0.4, -0.2) is 31.0 Å². The van der Waals surface area contributed by atoms with Crippen LogP contribution in [0.25, 0.3) is 0 Å². The van der Waals surface area contributed by atoms with Gasteiger partial charge in [-0.05, 0) is 30.7 Å². The van der Waals surface area contributed by atoms with Crippen molar-refractivity contribution in [2.75, 3.05) is 28.7 Å². The summed E-state index contributed by atoms with van der Waals surface area (Å²) in [6.45, 7) is 0.707. The number of anilines is 3. The normalized spacial score (nSPS) is 19.5. The van der Waals surface area contributed by atoms with Crippen LogP contribution in [0, 0.1) is 0 Å². The molecule has 122 valence electrons. The third-order valence-electron chi connectivity index (χ3n) is 4.23. The Morgan fingerprint density at radius 3 is 2.79 bits per heavy atom. The smallest absolute Gasteiger partial charge is 0.262 e. The molecule has 2 aromatic carbocycles. The van der Waals surface area contributed by atoms with Gasteiger partial charge in [0.25, 0.3) is 5.91 Å². The van der Waals surface area contributed by atoms with E-state index in [1.54, 1.807) is 11.0 Å². The van der Waals surface area contributed by atoms with Crippen molar-refractivity contribution in [2.45, 2.75) is 12.5 Å². The Labute approximate surface area is 139 Å². The number of nitrogens with one attached hydrogen (secondary N) is 2. The number of nitrogens with zero attached hydrogens (tertiary/aromatic N) is 1. The average molecular weight is 323 g/mol. The summed E-state index contributed by atoms with van der Waals surface area (Å²) in [5, 5.41) is 6.02. The molecule has 0 aromatic heterocycles. The van der Waals surface area contributed by atoms with Crippen LogP contribution in [-0.2, 0) is 9.59 Å². The van der Waals surface area contributed by atoms with E-state index in [9.17, 15) is 9.59 Å². The van der Waals surface area contributed by atoms with Crippen molar-refractivity contribution in [2.24, 2.45) is 0 Å². The highest BCUT2D eigenvalue weighted by Gasteiger charge is 2.32. The molecule has 2 amide bonds. The van der Waals surface area contributed by atoms with Gasteiger partial charge in [0, 0.05) is 24.0 Å². The van der Waals surface area contributed by atoms with Gasteiger partial charge in [0.15, 0.2) is 6.61 Å². The van der Waals surface area contributed by atoms with Crippen LogP contribution in [0.15, 0.2) is 48.5 Å². The highest BCUT2D eigenvalue weighted by molar-refractivity contribution is 6.01. The fraction of sp³-hybridized carbons (Fsp3) is 0.222. The van der Waals surface area contributed by atoms with E-state index in [1.165, 1.54) is 0 Å². The molecule has 1 fully saturated rings. The fourth-order valence-corrected chi connectivity index (χ4v) is 3.04. The van der Waals surface area contributed by atoms with Gasteiger partial charge >= 0.3 is 0 Å². The molecule has 1 saturated heterocycles. The van der Waals surface area contributed by atoms with Crippen molar-refractivity contribution in [1.82, 2.24) is 0 Å². The molecule has 0 radical (unpaired) electrons. The number of hydrogen-bond donors (Lipinski definition) is 2. The Balaban J connectivity index is 1.48. The number of carbonyl (C=O) groups is 2. The second-order valence-electron chi connectivity index (χ2n) is 5.86. The molecule has 2 aliphatic rings. The standard InChI is InChI=1S/C18H17N3O3/c22-17-11-24-16-10-12(6-7-14(16)20-17)19-15-8-9-21(18(15)23)13-4-2-1-3-5-13/h1-7,10,15,19H,8-9,11H2,(H,20,22). The van der Waals surface area contributed by atoms with Crippen LogP contribution in [0.1, 0.15) is 6.42 Å². The lowest BCUT2D eigenvalue weighted by molar-refractivity contribution is -0.119. The summed E-state index contributed by atoms with van der Waals surface area (Å²) < 4.78 is 5.41. The van der Waals surface area contributed by atoms with E-state index < -0.39 is 0 Å². The summed E-state index contributed by atoms with van der Waals surface area (Å²) in [6, 6.07) is 14.8. The minimum Gasteiger partial charge on any atom is -0.482 e. The average Bonchev–Trinajstić information content (AvgIpc) is 2.96. The van der Waals surface area contributed by atoms with Crippen molar-refractivity contribution < 1.29 is 14.3 Å². The lowest BCUT2D eigenvalue weighted by atomic mass is 10.2. The molecule has 6 nitrogen and oxygen atoms in total. The van der Waals surface area contributed by atoms with E-state index in [4.69, 9.17) is 4.74 Å². The summed E-state index contributed by atoms with van der Waals surface area (Å²) in [5.41, 5.74) is 2.38. The van der Waals surface area contributed by atoms with Crippen LogP contribution in [0.2, 0.25) is 0 Å². The first kappa shape index (κ1) is 14.6. The number of hydrogen-bond acceptors (Lipinski definition) is 4. The van der Waals surface area contributed by atoms with Crippen molar-refractivity contribution in [3.8, 4) is 5.75 Å². The SMILES string of the molecule is O=C1COc2cc(NC3CCN(c4ccccc4)C3=O)ccc2N1. The Bertz CT molecular complexity index is 791. The molecule has 1 unspecified atom stereocenters. The van der Waals surface area contributed by atoms with E-state index in [2.05, 4.69) is 10.6 Å². The first-order valence-electron chi connectivity index (χ1n) is 7.90. The lowest BCUT2D eigenvalue weighted by Crippen LogP contribution is -2.33. The summed E-state index contributed by atoms with van der Waals surface area (Å²) in [7, 11) is 0. The first-order valence-corrected chi connectivity index (χ1v) is 7.90. The molecule has 0 spiro atoms. The number of rotatable bonds is 3. The van der Waals surface area contributed by atoms with E-state index in [-0.39, 0.29) is 24.5 Å². The minimum absolute atomic E-state index is 0.0145. The minimum atomic E-state index is -0.263. The van der Waals surface area contributed by atoms with Crippen LogP contribution in [0.5, 0.6) is 5.75 Å². The van der Waals surface area contributed by atoms with Gasteiger partial charge in [0.05, 0.1) is 5.69 Å². The molecule has 2 aromatic rings. The topological polar surface area (TPSA) is 70.7 Å². The number of fused-ring (bicyclic) bond motifs is 1. The third-order valence-corrected chi connectivity index (χ3v) is 4.23. The summed E-state index contributed by atoms with van der Waals surface area (Å²) in [4.78, 5) is 25.7. The van der Waals surface area contributed by atoms with Crippen LogP contribution in [0.3, 0.4) is 0 Å². The monoisotopic (exact) mass is 323 g/mol. The number of benzene rings is 2. The largest absolute Gasteiger partial charge is 0.482 e. The zero-order chi connectivity index (χ0) is 16.5. The quantitative estimate of drug-likeness (QED) is 0.909. The van der Waals surface area contributed by atoms with Gasteiger partial charge in [-0.2, -0.15) is 0 Å². The van der Waals surface area contributed by atoms with Gasteiger partial charge < -0.3 is 20.3 Å². The summed E-state index contributed by atoms with van der Waals surface area (Å²) in [5.74, 6) is 0.519. The molecular formula is C18H17N3O3. The van der Waals surface area contributed by atoms with Gasteiger partial charge in [-0.25, -0.2) is 0 Å². The Kier molecular flexibility index (Phi) is 3.57. The molecule has 2 heterocycles. The number of para-hydroxylation sites is 1. The van der Waals surface area contributed by atoms with Crippen molar-refractivity contribution in [3.63, 3.8) is 0 Å². The molecule has 0 saturated carbocycles. The number of ether oxygens (including phenoxy) is 1. The molecule has 24 heavy (non-hydrogen) atoms. The van der Waals surface area contributed by atoms with Crippen molar-refractivity contribution in [1.29, 1.82) is 0 Å². The second-order valence-corrected chi connectivity index (χ2v) is 5.86. The maximum absolute atomic E-state index is 12.6. The Hall–Kier alpha value is -3.02. The van der Waals surface area contributed by atoms with Crippen LogP contribution in [0.4, 0.5) is 17.1 Å². The molecule has 0 bridgehead atoms. The van der Waals surface area contributed by atoms with Gasteiger partial charge in [0.1, 0.15) is 11.8 Å². The van der Waals surface area contributed by atoms with Gasteiger partial charge in [-0.15, -0.1) is 0 Å². The molecule has 0 aliphatic carbocycles. The maximum atomic E-state index is 12.6. The first-order chi connectivity index (χ1) is 11.7. The molecule has 4 rings (SSSR count). The van der Waals surface area contributed by atoms with Gasteiger partial charge in [-0.3, -0.25) is 9.59 Å². The molecular weight excluding hydrogens is 306 g/mol. The van der Waals surface area contributed by atoms with E-state index >= 15 is 0 Å². The zero-order valence-corrected chi connectivity index (χ0v) is 13.0. The van der Waals surface area contributed by atoms with E-state index in [1.807, 2.05) is 42.5 Å².